The van der Waals surface area contributed by atoms with Gasteiger partial charge in [-0.05, 0) is 49.9 Å². The van der Waals surface area contributed by atoms with Gasteiger partial charge in [-0.15, -0.1) is 0 Å². The Labute approximate surface area is 112 Å². The number of carbonyl (C=O) groups excluding carboxylic acids is 2. The number of rotatable bonds is 3. The molecule has 0 bridgehead atoms. The zero-order valence-electron chi connectivity index (χ0n) is 11.3. The largest absolute Gasteiger partial charge is 0.373 e. The summed E-state index contributed by atoms with van der Waals surface area (Å²) in [5.74, 6) is -0.0976. The Morgan fingerprint density at radius 2 is 1.89 bits per heavy atom. The highest BCUT2D eigenvalue weighted by atomic mass is 16.2. The molecule has 3 rings (SSSR count). The van der Waals surface area contributed by atoms with Gasteiger partial charge in [-0.1, -0.05) is 6.07 Å². The van der Waals surface area contributed by atoms with E-state index in [9.17, 15) is 9.59 Å². The third-order valence-corrected chi connectivity index (χ3v) is 3.94. The normalized spacial score (nSPS) is 23.1. The first kappa shape index (κ1) is 12.2. The second-order valence-electron chi connectivity index (χ2n) is 5.53. The molecular formula is C15H18N2O2. The third kappa shape index (κ3) is 2.23. The van der Waals surface area contributed by atoms with Crippen LogP contribution >= 0.6 is 0 Å². The number of benzene rings is 1. The number of amides is 2. The van der Waals surface area contributed by atoms with E-state index in [0.717, 1.165) is 18.5 Å². The molecule has 1 N–H and O–H groups in total. The highest BCUT2D eigenvalue weighted by Gasteiger charge is 2.46. The maximum Gasteiger partial charge on any atom is 0.252 e. The predicted molar refractivity (Wildman–Crippen MR) is 72.8 cm³/mol. The number of carbonyl (C=O) groups is 2. The minimum atomic E-state index is -0.393. The summed E-state index contributed by atoms with van der Waals surface area (Å²) in [4.78, 5) is 25.5. The van der Waals surface area contributed by atoms with Gasteiger partial charge in [-0.2, -0.15) is 0 Å². The van der Waals surface area contributed by atoms with Crippen LogP contribution in [0.3, 0.4) is 0 Å². The summed E-state index contributed by atoms with van der Waals surface area (Å²) in [7, 11) is 0. The highest BCUT2D eigenvalue weighted by molar-refractivity contribution is 6.07. The van der Waals surface area contributed by atoms with Crippen LogP contribution in [-0.2, 0) is 9.59 Å². The van der Waals surface area contributed by atoms with Gasteiger partial charge in [-0.25, -0.2) is 0 Å². The minimum absolute atomic E-state index is 0.0335. The van der Waals surface area contributed by atoms with Crippen molar-refractivity contribution in [1.29, 1.82) is 0 Å². The van der Waals surface area contributed by atoms with Crippen LogP contribution in [0.2, 0.25) is 0 Å². The first-order chi connectivity index (χ1) is 9.06. The summed E-state index contributed by atoms with van der Waals surface area (Å²) >= 11 is 0. The lowest BCUT2D eigenvalue weighted by atomic mass is 10.1. The molecule has 1 heterocycles. The van der Waals surface area contributed by atoms with Crippen LogP contribution < -0.4 is 5.32 Å². The average molecular weight is 258 g/mol. The van der Waals surface area contributed by atoms with Crippen LogP contribution in [0.5, 0.6) is 0 Å². The molecule has 4 nitrogen and oxygen atoms in total. The fourth-order valence-electron chi connectivity index (χ4n) is 2.51. The molecular weight excluding hydrogens is 240 g/mol. The van der Waals surface area contributed by atoms with Crippen molar-refractivity contribution >= 4 is 17.5 Å². The molecule has 1 aliphatic carbocycles. The Balaban J connectivity index is 1.74. The number of aryl methyl sites for hydroxylation is 2. The fraction of sp³-hybridized carbons (Fsp3) is 0.467. The van der Waals surface area contributed by atoms with E-state index in [-0.39, 0.29) is 24.3 Å². The van der Waals surface area contributed by atoms with Crippen molar-refractivity contribution in [3.8, 4) is 0 Å². The number of hydrogen-bond donors (Lipinski definition) is 1. The molecule has 1 saturated heterocycles. The lowest BCUT2D eigenvalue weighted by Crippen LogP contribution is -2.36. The van der Waals surface area contributed by atoms with Crippen LogP contribution in [0.15, 0.2) is 18.2 Å². The Hall–Kier alpha value is -1.84. The minimum Gasteiger partial charge on any atom is -0.373 e. The van der Waals surface area contributed by atoms with Crippen LogP contribution in [0.4, 0.5) is 5.69 Å². The maximum atomic E-state index is 12.2. The second kappa shape index (κ2) is 4.37. The Morgan fingerprint density at radius 1 is 1.16 bits per heavy atom. The SMILES string of the molecule is Cc1ccc(N[C@H]2CC(=O)N(C3CC3)C2=O)cc1C. The maximum absolute atomic E-state index is 12.2. The summed E-state index contributed by atoms with van der Waals surface area (Å²) < 4.78 is 0. The van der Waals surface area contributed by atoms with Crippen molar-refractivity contribution in [3.63, 3.8) is 0 Å². The molecule has 19 heavy (non-hydrogen) atoms. The van der Waals surface area contributed by atoms with Gasteiger partial charge in [0.25, 0.3) is 5.91 Å². The first-order valence-electron chi connectivity index (χ1n) is 6.76. The number of nitrogens with zero attached hydrogens (tertiary/aromatic N) is 1. The van der Waals surface area contributed by atoms with E-state index in [1.165, 1.54) is 16.0 Å². The van der Waals surface area contributed by atoms with E-state index in [1.54, 1.807) is 0 Å². The molecule has 1 aromatic rings. The third-order valence-electron chi connectivity index (χ3n) is 3.94. The molecule has 4 heteroatoms. The Kier molecular flexibility index (Phi) is 2.81. The van der Waals surface area contributed by atoms with Gasteiger partial charge < -0.3 is 5.32 Å². The molecule has 1 saturated carbocycles. The van der Waals surface area contributed by atoms with Gasteiger partial charge in [0.05, 0.1) is 6.42 Å². The molecule has 2 fully saturated rings. The molecule has 0 spiro atoms. The van der Waals surface area contributed by atoms with Gasteiger partial charge in [0.1, 0.15) is 6.04 Å². The Morgan fingerprint density at radius 3 is 2.53 bits per heavy atom. The number of nitrogens with one attached hydrogen (secondary N) is 1. The molecule has 100 valence electrons. The molecule has 0 radical (unpaired) electrons. The van der Waals surface area contributed by atoms with Crippen LogP contribution in [0, 0.1) is 13.8 Å². The zero-order valence-corrected chi connectivity index (χ0v) is 11.3. The van der Waals surface area contributed by atoms with Crippen molar-refractivity contribution in [2.75, 3.05) is 5.32 Å². The Bertz CT molecular complexity index is 549. The number of likely N-dealkylation sites (tertiary alicyclic amines) is 1. The van der Waals surface area contributed by atoms with Crippen molar-refractivity contribution in [2.24, 2.45) is 0 Å². The first-order valence-corrected chi connectivity index (χ1v) is 6.76. The zero-order chi connectivity index (χ0) is 13.6. The van der Waals surface area contributed by atoms with Crippen LogP contribution in [-0.4, -0.2) is 28.8 Å². The second-order valence-corrected chi connectivity index (χ2v) is 5.53. The van der Waals surface area contributed by atoms with Gasteiger partial charge >= 0.3 is 0 Å². The van der Waals surface area contributed by atoms with Crippen molar-refractivity contribution in [2.45, 2.75) is 45.2 Å². The van der Waals surface area contributed by atoms with E-state index in [0.29, 0.717) is 0 Å². The summed E-state index contributed by atoms with van der Waals surface area (Å²) in [6.45, 7) is 4.09. The molecule has 0 aromatic heterocycles. The van der Waals surface area contributed by atoms with Gasteiger partial charge in [-0.3, -0.25) is 14.5 Å². The van der Waals surface area contributed by atoms with E-state index >= 15 is 0 Å². The fourth-order valence-corrected chi connectivity index (χ4v) is 2.51. The monoisotopic (exact) mass is 258 g/mol. The standard InChI is InChI=1S/C15H18N2O2/c1-9-3-4-11(7-10(9)2)16-13-8-14(18)17(15(13)19)12-5-6-12/h3-4,7,12-13,16H,5-6,8H2,1-2H3/t13-/m0/s1. The smallest absolute Gasteiger partial charge is 0.252 e. The summed E-state index contributed by atoms with van der Waals surface area (Å²) in [5, 5.41) is 3.19. The van der Waals surface area contributed by atoms with E-state index in [1.807, 2.05) is 25.1 Å². The quantitative estimate of drug-likeness (QED) is 0.844. The highest BCUT2D eigenvalue weighted by Crippen LogP contribution is 2.32. The lowest BCUT2D eigenvalue weighted by molar-refractivity contribution is -0.139. The van der Waals surface area contributed by atoms with Crippen LogP contribution in [0.1, 0.15) is 30.4 Å². The van der Waals surface area contributed by atoms with Crippen LogP contribution in [0.25, 0.3) is 0 Å². The van der Waals surface area contributed by atoms with Crippen molar-refractivity contribution in [3.05, 3.63) is 29.3 Å². The average Bonchev–Trinajstić information content (AvgIpc) is 3.13. The molecule has 1 aliphatic heterocycles. The van der Waals surface area contributed by atoms with E-state index in [2.05, 4.69) is 12.2 Å². The predicted octanol–water partition coefficient (Wildman–Crippen LogP) is 2.01. The molecule has 1 atom stereocenters. The van der Waals surface area contributed by atoms with Crippen molar-refractivity contribution in [1.82, 2.24) is 4.90 Å². The lowest BCUT2D eigenvalue weighted by Gasteiger charge is -2.15. The molecule has 2 aliphatic rings. The molecule has 0 unspecified atom stereocenters. The summed E-state index contributed by atoms with van der Waals surface area (Å²) in [6.07, 6.45) is 2.21. The topological polar surface area (TPSA) is 49.4 Å². The number of hydrogen-bond acceptors (Lipinski definition) is 3. The van der Waals surface area contributed by atoms with Gasteiger partial charge in [0, 0.05) is 11.7 Å². The molecule has 2 amide bonds. The summed E-state index contributed by atoms with van der Waals surface area (Å²) in [6, 6.07) is 5.78. The van der Waals surface area contributed by atoms with Gasteiger partial charge in [0.15, 0.2) is 0 Å². The molecule has 1 aromatic carbocycles. The van der Waals surface area contributed by atoms with Crippen molar-refractivity contribution < 1.29 is 9.59 Å². The van der Waals surface area contributed by atoms with Gasteiger partial charge in [0.2, 0.25) is 5.91 Å². The summed E-state index contributed by atoms with van der Waals surface area (Å²) in [5.41, 5.74) is 3.31. The number of imide groups is 1. The van der Waals surface area contributed by atoms with E-state index < -0.39 is 6.04 Å². The van der Waals surface area contributed by atoms with E-state index in [4.69, 9.17) is 0 Å². The number of anilines is 1.